The molecule has 268 valence electrons. The average Bonchev–Trinajstić information content (AvgIpc) is 3.65. The molecule has 57 heavy (non-hydrogen) atoms. The second-order valence-corrected chi connectivity index (χ2v) is 14.8. The van der Waals surface area contributed by atoms with Gasteiger partial charge in [-0.2, -0.15) is 0 Å². The van der Waals surface area contributed by atoms with Gasteiger partial charge in [-0.3, -0.25) is 0 Å². The highest BCUT2D eigenvalue weighted by Crippen LogP contribution is 2.37. The van der Waals surface area contributed by atoms with Gasteiger partial charge in [0.25, 0.3) is 0 Å². The molecule has 0 spiro atoms. The molecule has 1 aliphatic heterocycles. The van der Waals surface area contributed by atoms with Crippen LogP contribution in [0.15, 0.2) is 209 Å². The van der Waals surface area contributed by atoms with Crippen molar-refractivity contribution < 1.29 is 4.42 Å². The highest BCUT2D eigenvalue weighted by atomic mass is 16.3. The first-order valence-electron chi connectivity index (χ1n) is 19.6. The zero-order valence-electron chi connectivity index (χ0n) is 31.2. The zero-order chi connectivity index (χ0) is 37.7. The number of para-hydroxylation sites is 2. The van der Waals surface area contributed by atoms with Crippen LogP contribution < -0.4 is 0 Å². The molecule has 0 bridgehead atoms. The lowest BCUT2D eigenvalue weighted by Crippen LogP contribution is -2.11. The third kappa shape index (κ3) is 5.84. The van der Waals surface area contributed by atoms with Gasteiger partial charge in [-0.15, -0.1) is 0 Å². The van der Waals surface area contributed by atoms with Crippen LogP contribution in [0.2, 0.25) is 0 Å². The number of fused-ring (bicyclic) bond motifs is 6. The number of furan rings is 1. The molecule has 0 atom stereocenters. The number of allylic oxidation sites excluding steroid dienone is 1. The van der Waals surface area contributed by atoms with Gasteiger partial charge in [-0.1, -0.05) is 176 Å². The third-order valence-electron chi connectivity index (χ3n) is 11.4. The Morgan fingerprint density at radius 3 is 1.88 bits per heavy atom. The Balaban J connectivity index is 1.13. The molecule has 0 N–H and O–H groups in total. The van der Waals surface area contributed by atoms with E-state index in [0.717, 1.165) is 84.8 Å². The summed E-state index contributed by atoms with van der Waals surface area (Å²) in [5, 5.41) is 9.34. The van der Waals surface area contributed by atoms with Crippen LogP contribution in [-0.2, 0) is 0 Å². The minimum Gasteiger partial charge on any atom is -0.455 e. The number of hydrogen-bond acceptors (Lipinski definition) is 3. The molecule has 1 aromatic heterocycles. The van der Waals surface area contributed by atoms with Crippen molar-refractivity contribution in [2.24, 2.45) is 9.98 Å². The van der Waals surface area contributed by atoms with E-state index in [-0.39, 0.29) is 0 Å². The largest absolute Gasteiger partial charge is 0.455 e. The summed E-state index contributed by atoms with van der Waals surface area (Å²) in [4.78, 5) is 11.2. The lowest BCUT2D eigenvalue weighted by atomic mass is 9.91. The maximum atomic E-state index is 6.58. The normalized spacial score (nSPS) is 13.4. The monoisotopic (exact) mass is 728 g/mol. The number of amidine groups is 1. The highest BCUT2D eigenvalue weighted by molar-refractivity contribution is 6.24. The van der Waals surface area contributed by atoms with E-state index in [9.17, 15) is 0 Å². The first-order chi connectivity index (χ1) is 28.2. The van der Waals surface area contributed by atoms with E-state index in [4.69, 9.17) is 14.4 Å². The molecular weight excluding hydrogens is 693 g/mol. The van der Waals surface area contributed by atoms with E-state index in [0.29, 0.717) is 5.84 Å². The van der Waals surface area contributed by atoms with Crippen molar-refractivity contribution in [3.05, 3.63) is 211 Å². The molecule has 3 heteroatoms. The van der Waals surface area contributed by atoms with E-state index in [1.165, 1.54) is 32.7 Å². The van der Waals surface area contributed by atoms with Crippen LogP contribution in [0.3, 0.4) is 0 Å². The fourth-order valence-corrected chi connectivity index (χ4v) is 8.59. The van der Waals surface area contributed by atoms with Gasteiger partial charge in [-0.25, -0.2) is 9.98 Å². The standard InChI is InChI=1S/C54H36N2O/c1-2-15-40-34-41(31-26-35(40)12-1)45-33-32-37-14-4-6-18-44(37)52(45)54-55-49(39-29-27-38(28-30-39)43-20-9-16-36-13-3-5-17-42(36)43)23-11-24-50(56-54)48-22-10-21-47-46-19-7-8-25-51(46)57-53(47)48/h1-10,12-23,25-34H,11,24H2. The molecule has 0 saturated heterocycles. The molecule has 0 radical (unpaired) electrons. The third-order valence-corrected chi connectivity index (χ3v) is 11.4. The van der Waals surface area contributed by atoms with Gasteiger partial charge in [0.15, 0.2) is 5.84 Å². The summed E-state index contributed by atoms with van der Waals surface area (Å²) in [6, 6.07) is 66.9. The quantitative estimate of drug-likeness (QED) is 0.174. The van der Waals surface area contributed by atoms with Crippen LogP contribution in [0.4, 0.5) is 0 Å². The molecular formula is C54H36N2O. The van der Waals surface area contributed by atoms with Crippen molar-refractivity contribution in [3.63, 3.8) is 0 Å². The molecule has 1 aliphatic rings. The molecule has 0 unspecified atom stereocenters. The van der Waals surface area contributed by atoms with Gasteiger partial charge < -0.3 is 4.42 Å². The minimum atomic E-state index is 0.683. The number of rotatable bonds is 5. The number of nitrogens with zero attached hydrogens (tertiary/aromatic N) is 2. The lowest BCUT2D eigenvalue weighted by Gasteiger charge is -2.18. The van der Waals surface area contributed by atoms with Crippen molar-refractivity contribution in [2.75, 3.05) is 0 Å². The lowest BCUT2D eigenvalue weighted by molar-refractivity contribution is 0.668. The summed E-state index contributed by atoms with van der Waals surface area (Å²) in [5.74, 6) is 0.683. The number of hydrogen-bond donors (Lipinski definition) is 0. The molecule has 11 rings (SSSR count). The van der Waals surface area contributed by atoms with E-state index in [2.05, 4.69) is 182 Å². The molecule has 9 aromatic carbocycles. The number of benzene rings is 9. The molecule has 10 aromatic rings. The van der Waals surface area contributed by atoms with Crippen molar-refractivity contribution in [1.29, 1.82) is 0 Å². The van der Waals surface area contributed by atoms with Crippen LogP contribution in [0, 0.1) is 0 Å². The van der Waals surface area contributed by atoms with Crippen molar-refractivity contribution in [2.45, 2.75) is 12.8 Å². The molecule has 0 saturated carbocycles. The highest BCUT2D eigenvalue weighted by Gasteiger charge is 2.22. The first kappa shape index (κ1) is 33.0. The van der Waals surface area contributed by atoms with Gasteiger partial charge in [-0.05, 0) is 91.2 Å². The predicted octanol–water partition coefficient (Wildman–Crippen LogP) is 14.5. The van der Waals surface area contributed by atoms with E-state index in [1.807, 2.05) is 12.1 Å². The Labute approximate surface area is 330 Å². The second kappa shape index (κ2) is 13.7. The minimum absolute atomic E-state index is 0.683. The SMILES string of the molecule is C1=C(c2ccc(-c3cccc4ccccc34)cc2)N=C(c2c(-c3ccc4ccccc4c3)ccc3ccccc23)N=C(c2cccc3c2oc2ccccc23)CC1. The van der Waals surface area contributed by atoms with Crippen molar-refractivity contribution in [1.82, 2.24) is 0 Å². The van der Waals surface area contributed by atoms with Crippen molar-refractivity contribution in [3.8, 4) is 22.3 Å². The molecule has 2 heterocycles. The van der Waals surface area contributed by atoms with Crippen molar-refractivity contribution >= 4 is 71.5 Å². The second-order valence-electron chi connectivity index (χ2n) is 14.8. The Morgan fingerprint density at radius 1 is 0.404 bits per heavy atom. The van der Waals surface area contributed by atoms with Gasteiger partial charge in [0, 0.05) is 21.9 Å². The Bertz CT molecular complexity index is 3280. The van der Waals surface area contributed by atoms with E-state index in [1.54, 1.807) is 0 Å². The first-order valence-corrected chi connectivity index (χ1v) is 19.6. The maximum absolute atomic E-state index is 6.58. The zero-order valence-corrected chi connectivity index (χ0v) is 31.2. The average molecular weight is 729 g/mol. The molecule has 3 nitrogen and oxygen atoms in total. The van der Waals surface area contributed by atoms with Crippen LogP contribution in [0.1, 0.15) is 29.5 Å². The van der Waals surface area contributed by atoms with Gasteiger partial charge in [0.1, 0.15) is 11.2 Å². The van der Waals surface area contributed by atoms with Crippen LogP contribution >= 0.6 is 0 Å². The van der Waals surface area contributed by atoms with Gasteiger partial charge in [0.2, 0.25) is 0 Å². The van der Waals surface area contributed by atoms with Crippen LogP contribution in [0.5, 0.6) is 0 Å². The molecule has 0 fully saturated rings. The fraction of sp³-hybridized carbons (Fsp3) is 0.0370. The summed E-state index contributed by atoms with van der Waals surface area (Å²) in [6.07, 6.45) is 3.78. The predicted molar refractivity (Wildman–Crippen MR) is 240 cm³/mol. The summed E-state index contributed by atoms with van der Waals surface area (Å²) in [5.41, 5.74) is 11.3. The fourth-order valence-electron chi connectivity index (χ4n) is 8.59. The van der Waals surface area contributed by atoms with Gasteiger partial charge >= 0.3 is 0 Å². The summed E-state index contributed by atoms with van der Waals surface area (Å²) < 4.78 is 6.58. The number of aliphatic imine (C=N–C) groups is 2. The van der Waals surface area contributed by atoms with E-state index >= 15 is 0 Å². The summed E-state index contributed by atoms with van der Waals surface area (Å²) >= 11 is 0. The topological polar surface area (TPSA) is 37.9 Å². The summed E-state index contributed by atoms with van der Waals surface area (Å²) in [7, 11) is 0. The molecule has 0 amide bonds. The van der Waals surface area contributed by atoms with Gasteiger partial charge in [0.05, 0.1) is 11.4 Å². The molecule has 0 aliphatic carbocycles. The maximum Gasteiger partial charge on any atom is 0.161 e. The Morgan fingerprint density at radius 2 is 1.02 bits per heavy atom. The van der Waals surface area contributed by atoms with Crippen LogP contribution in [-0.4, -0.2) is 11.5 Å². The summed E-state index contributed by atoms with van der Waals surface area (Å²) in [6.45, 7) is 0. The smallest absolute Gasteiger partial charge is 0.161 e. The van der Waals surface area contributed by atoms with Crippen LogP contribution in [0.25, 0.3) is 82.2 Å². The Kier molecular flexibility index (Phi) is 7.96. The Hall–Kier alpha value is -7.36. The van der Waals surface area contributed by atoms with E-state index < -0.39 is 0 Å².